The van der Waals surface area contributed by atoms with Crippen molar-refractivity contribution in [1.82, 2.24) is 5.32 Å². The lowest BCUT2D eigenvalue weighted by Gasteiger charge is -2.24. The fourth-order valence-corrected chi connectivity index (χ4v) is 2.67. The zero-order chi connectivity index (χ0) is 13.8. The normalized spacial score (nSPS) is 11.4. The van der Waals surface area contributed by atoms with Gasteiger partial charge in [-0.05, 0) is 44.5 Å². The highest BCUT2D eigenvalue weighted by Gasteiger charge is 2.18. The third kappa shape index (κ3) is 5.00. The predicted molar refractivity (Wildman–Crippen MR) is 80.9 cm³/mol. The van der Waals surface area contributed by atoms with Crippen molar-refractivity contribution in [3.63, 3.8) is 0 Å². The molecular formula is C13H19BrN2OS. The van der Waals surface area contributed by atoms with E-state index in [0.29, 0.717) is 12.3 Å². The first-order valence-corrected chi connectivity index (χ1v) is 7.52. The van der Waals surface area contributed by atoms with E-state index >= 15 is 0 Å². The molecule has 18 heavy (non-hydrogen) atoms. The number of halogens is 1. The molecule has 100 valence electrons. The first-order valence-electron chi connectivity index (χ1n) is 5.74. The Kier molecular flexibility index (Phi) is 5.69. The van der Waals surface area contributed by atoms with E-state index in [1.54, 1.807) is 11.8 Å². The van der Waals surface area contributed by atoms with E-state index in [-0.39, 0.29) is 11.4 Å². The first kappa shape index (κ1) is 15.5. The monoisotopic (exact) mass is 330 g/mol. The van der Waals surface area contributed by atoms with Crippen LogP contribution >= 0.6 is 27.7 Å². The van der Waals surface area contributed by atoms with Crippen LogP contribution in [0.1, 0.15) is 19.4 Å². The molecule has 1 aromatic carbocycles. The second-order valence-corrected chi connectivity index (χ2v) is 6.77. The molecule has 0 heterocycles. The van der Waals surface area contributed by atoms with E-state index in [9.17, 15) is 4.79 Å². The third-order valence-corrected chi connectivity index (χ3v) is 4.15. The van der Waals surface area contributed by atoms with Gasteiger partial charge in [-0.15, -0.1) is 11.8 Å². The Morgan fingerprint density at radius 3 is 2.72 bits per heavy atom. The summed E-state index contributed by atoms with van der Waals surface area (Å²) in [5.74, 6) is 0.420. The quantitative estimate of drug-likeness (QED) is 0.816. The highest BCUT2D eigenvalue weighted by molar-refractivity contribution is 9.10. The molecule has 0 aliphatic rings. The zero-order valence-corrected chi connectivity index (χ0v) is 13.3. The van der Waals surface area contributed by atoms with Gasteiger partial charge in [0.15, 0.2) is 0 Å². The minimum Gasteiger partial charge on any atom is -0.349 e. The van der Waals surface area contributed by atoms with Crippen molar-refractivity contribution in [2.45, 2.75) is 31.2 Å². The summed E-state index contributed by atoms with van der Waals surface area (Å²) in [6.45, 7) is 6.30. The topological polar surface area (TPSA) is 55.1 Å². The fourth-order valence-electron chi connectivity index (χ4n) is 1.38. The number of benzene rings is 1. The summed E-state index contributed by atoms with van der Waals surface area (Å²) in [6.07, 6.45) is 0. The molecule has 0 aliphatic carbocycles. The summed E-state index contributed by atoms with van der Waals surface area (Å²) >= 11 is 4.96. The molecule has 0 aromatic heterocycles. The molecule has 0 bridgehead atoms. The lowest BCUT2D eigenvalue weighted by Crippen LogP contribution is -2.49. The molecule has 0 saturated carbocycles. The molecule has 0 atom stereocenters. The molecule has 0 spiro atoms. The standard InChI is InChI=1S/C13H19BrN2OS/c1-9-6-10(14)4-5-11(9)18-7-12(17)16-13(2,3)8-15/h4-6H,7-8,15H2,1-3H3,(H,16,17). The Labute approximate surface area is 121 Å². The van der Waals surface area contributed by atoms with Crippen LogP contribution in [0.3, 0.4) is 0 Å². The smallest absolute Gasteiger partial charge is 0.230 e. The lowest BCUT2D eigenvalue weighted by atomic mass is 10.1. The van der Waals surface area contributed by atoms with Crippen LogP contribution in [0.2, 0.25) is 0 Å². The van der Waals surface area contributed by atoms with Crippen molar-refractivity contribution in [3.05, 3.63) is 28.2 Å². The average molecular weight is 331 g/mol. The van der Waals surface area contributed by atoms with Crippen LogP contribution in [0.4, 0.5) is 0 Å². The fraction of sp³-hybridized carbons (Fsp3) is 0.462. The van der Waals surface area contributed by atoms with Gasteiger partial charge in [0.1, 0.15) is 0 Å². The molecule has 3 N–H and O–H groups in total. The van der Waals surface area contributed by atoms with Crippen LogP contribution in [-0.2, 0) is 4.79 Å². The van der Waals surface area contributed by atoms with Crippen LogP contribution in [-0.4, -0.2) is 23.7 Å². The summed E-state index contributed by atoms with van der Waals surface area (Å²) < 4.78 is 1.05. The predicted octanol–water partition coefficient (Wildman–Crippen LogP) is 2.70. The second-order valence-electron chi connectivity index (χ2n) is 4.83. The molecule has 3 nitrogen and oxygen atoms in total. The minimum absolute atomic E-state index is 0.0118. The van der Waals surface area contributed by atoms with Gasteiger partial charge in [0.2, 0.25) is 5.91 Å². The van der Waals surface area contributed by atoms with Gasteiger partial charge in [-0.25, -0.2) is 0 Å². The number of carbonyl (C=O) groups excluding carboxylic acids is 1. The number of carbonyl (C=O) groups is 1. The van der Waals surface area contributed by atoms with E-state index in [2.05, 4.69) is 21.2 Å². The number of nitrogens with one attached hydrogen (secondary N) is 1. The van der Waals surface area contributed by atoms with Gasteiger partial charge in [0.05, 0.1) is 5.75 Å². The van der Waals surface area contributed by atoms with Crippen LogP contribution in [0.5, 0.6) is 0 Å². The maximum absolute atomic E-state index is 11.8. The molecule has 0 saturated heterocycles. The summed E-state index contributed by atoms with van der Waals surface area (Å²) in [6, 6.07) is 6.05. The Balaban J connectivity index is 2.53. The van der Waals surface area contributed by atoms with Crippen molar-refractivity contribution >= 4 is 33.6 Å². The number of amides is 1. The Morgan fingerprint density at radius 2 is 2.17 bits per heavy atom. The molecule has 1 amide bonds. The average Bonchev–Trinajstić information content (AvgIpc) is 2.27. The Morgan fingerprint density at radius 1 is 1.50 bits per heavy atom. The Hall–Kier alpha value is -0.520. The van der Waals surface area contributed by atoms with E-state index in [4.69, 9.17) is 5.73 Å². The second kappa shape index (κ2) is 6.59. The van der Waals surface area contributed by atoms with Crippen LogP contribution in [0, 0.1) is 6.92 Å². The van der Waals surface area contributed by atoms with Crippen molar-refractivity contribution in [2.75, 3.05) is 12.3 Å². The SMILES string of the molecule is Cc1cc(Br)ccc1SCC(=O)NC(C)(C)CN. The van der Waals surface area contributed by atoms with Gasteiger partial charge in [0, 0.05) is 21.5 Å². The van der Waals surface area contributed by atoms with Gasteiger partial charge < -0.3 is 11.1 Å². The number of aryl methyl sites for hydroxylation is 1. The minimum atomic E-state index is -0.341. The molecule has 5 heteroatoms. The lowest BCUT2D eigenvalue weighted by molar-refractivity contribution is -0.120. The third-order valence-electron chi connectivity index (χ3n) is 2.48. The van der Waals surface area contributed by atoms with Crippen molar-refractivity contribution in [3.8, 4) is 0 Å². The number of hydrogen-bond donors (Lipinski definition) is 2. The van der Waals surface area contributed by atoms with Crippen LogP contribution < -0.4 is 11.1 Å². The Bertz CT molecular complexity index is 435. The highest BCUT2D eigenvalue weighted by Crippen LogP contribution is 2.25. The van der Waals surface area contributed by atoms with E-state index in [0.717, 1.165) is 9.37 Å². The summed E-state index contributed by atoms with van der Waals surface area (Å²) in [5, 5.41) is 2.91. The zero-order valence-electron chi connectivity index (χ0n) is 10.9. The molecular weight excluding hydrogens is 312 g/mol. The van der Waals surface area contributed by atoms with Crippen LogP contribution in [0.25, 0.3) is 0 Å². The summed E-state index contributed by atoms with van der Waals surface area (Å²) in [5.41, 5.74) is 6.40. The van der Waals surface area contributed by atoms with Crippen molar-refractivity contribution in [2.24, 2.45) is 5.73 Å². The molecule has 1 aromatic rings. The highest BCUT2D eigenvalue weighted by atomic mass is 79.9. The summed E-state index contributed by atoms with van der Waals surface area (Å²) in [7, 11) is 0. The maximum atomic E-state index is 11.8. The molecule has 0 radical (unpaired) electrons. The number of nitrogens with two attached hydrogens (primary N) is 1. The van der Waals surface area contributed by atoms with Gasteiger partial charge in [-0.1, -0.05) is 15.9 Å². The van der Waals surface area contributed by atoms with E-state index in [1.165, 1.54) is 5.56 Å². The van der Waals surface area contributed by atoms with Crippen molar-refractivity contribution < 1.29 is 4.79 Å². The van der Waals surface area contributed by atoms with E-state index < -0.39 is 0 Å². The van der Waals surface area contributed by atoms with Crippen LogP contribution in [0.15, 0.2) is 27.6 Å². The van der Waals surface area contributed by atoms with Gasteiger partial charge in [0.25, 0.3) is 0 Å². The summed E-state index contributed by atoms with van der Waals surface area (Å²) in [4.78, 5) is 12.9. The molecule has 0 unspecified atom stereocenters. The number of hydrogen-bond acceptors (Lipinski definition) is 3. The number of rotatable bonds is 5. The maximum Gasteiger partial charge on any atom is 0.230 e. The van der Waals surface area contributed by atoms with E-state index in [1.807, 2.05) is 39.0 Å². The largest absolute Gasteiger partial charge is 0.349 e. The molecule has 1 rings (SSSR count). The molecule has 0 fully saturated rings. The van der Waals surface area contributed by atoms with Crippen molar-refractivity contribution in [1.29, 1.82) is 0 Å². The number of thioether (sulfide) groups is 1. The van der Waals surface area contributed by atoms with Gasteiger partial charge in [-0.3, -0.25) is 4.79 Å². The van der Waals surface area contributed by atoms with Gasteiger partial charge in [-0.2, -0.15) is 0 Å². The van der Waals surface area contributed by atoms with Gasteiger partial charge >= 0.3 is 0 Å². The first-order chi connectivity index (χ1) is 8.34. The molecule has 0 aliphatic heterocycles.